The minimum atomic E-state index is -0.288. The maximum atomic E-state index is 12.5. The van der Waals surface area contributed by atoms with Gasteiger partial charge >= 0.3 is 0 Å². The number of anilines is 1. The third kappa shape index (κ3) is 5.01. The van der Waals surface area contributed by atoms with Gasteiger partial charge in [-0.3, -0.25) is 9.59 Å². The molecule has 1 heterocycles. The highest BCUT2D eigenvalue weighted by Crippen LogP contribution is 2.25. The number of piperazine rings is 1. The van der Waals surface area contributed by atoms with Crippen LogP contribution in [0, 0.1) is 0 Å². The van der Waals surface area contributed by atoms with Crippen LogP contribution in [0.4, 0.5) is 5.69 Å². The molecule has 148 valence electrons. The molecule has 0 aliphatic carbocycles. The highest BCUT2D eigenvalue weighted by atomic mass is 16.5. The third-order valence-electron chi connectivity index (χ3n) is 4.63. The van der Waals surface area contributed by atoms with Gasteiger partial charge in [-0.25, -0.2) is 0 Å². The first-order valence-corrected chi connectivity index (χ1v) is 9.20. The molecular formula is C21H25N3O4. The zero-order valence-electron chi connectivity index (χ0n) is 16.2. The average molecular weight is 383 g/mol. The molecule has 3 rings (SSSR count). The second-order valence-electron chi connectivity index (χ2n) is 6.66. The molecular weight excluding hydrogens is 358 g/mol. The molecule has 0 saturated carbocycles. The van der Waals surface area contributed by atoms with Crippen LogP contribution in [-0.4, -0.2) is 68.6 Å². The number of para-hydroxylation sites is 2. The number of rotatable bonds is 6. The van der Waals surface area contributed by atoms with Crippen molar-refractivity contribution in [2.45, 2.75) is 0 Å². The van der Waals surface area contributed by atoms with E-state index in [0.717, 1.165) is 26.2 Å². The highest BCUT2D eigenvalue weighted by Gasteiger charge is 2.20. The molecule has 2 amide bonds. The quantitative estimate of drug-likeness (QED) is 0.827. The number of hydrogen-bond acceptors (Lipinski definition) is 5. The molecule has 0 radical (unpaired) electrons. The molecule has 1 aliphatic heterocycles. The van der Waals surface area contributed by atoms with E-state index in [9.17, 15) is 9.59 Å². The largest absolute Gasteiger partial charge is 0.493 e. The van der Waals surface area contributed by atoms with Crippen molar-refractivity contribution in [1.82, 2.24) is 9.80 Å². The van der Waals surface area contributed by atoms with Gasteiger partial charge in [-0.05, 0) is 43.4 Å². The Hall–Kier alpha value is -3.06. The lowest BCUT2D eigenvalue weighted by molar-refractivity contribution is -0.118. The smallest absolute Gasteiger partial charge is 0.262 e. The van der Waals surface area contributed by atoms with Crippen LogP contribution in [-0.2, 0) is 4.79 Å². The van der Waals surface area contributed by atoms with Crippen LogP contribution in [0.25, 0.3) is 0 Å². The average Bonchev–Trinajstić information content (AvgIpc) is 2.73. The standard InChI is InChI=1S/C21H25N3O4/c1-23-11-13-24(14-12-23)21(26)16-7-9-17(10-8-16)22-20(25)15-28-19-6-4-3-5-18(19)27-2/h3-10H,11-15H2,1-2H3,(H,22,25). The van der Waals surface area contributed by atoms with Crippen LogP contribution in [0.5, 0.6) is 11.5 Å². The fourth-order valence-corrected chi connectivity index (χ4v) is 2.97. The van der Waals surface area contributed by atoms with E-state index in [4.69, 9.17) is 9.47 Å². The van der Waals surface area contributed by atoms with E-state index in [1.165, 1.54) is 0 Å². The van der Waals surface area contributed by atoms with Crippen molar-refractivity contribution in [3.05, 3.63) is 54.1 Å². The van der Waals surface area contributed by atoms with E-state index >= 15 is 0 Å². The molecule has 0 unspecified atom stereocenters. The predicted molar refractivity (Wildman–Crippen MR) is 107 cm³/mol. The van der Waals surface area contributed by atoms with Gasteiger partial charge in [0.2, 0.25) is 0 Å². The Bertz CT molecular complexity index is 815. The number of methoxy groups -OCH3 is 1. The van der Waals surface area contributed by atoms with Crippen molar-refractivity contribution in [2.24, 2.45) is 0 Å². The molecule has 28 heavy (non-hydrogen) atoms. The van der Waals surface area contributed by atoms with E-state index in [0.29, 0.717) is 22.7 Å². The van der Waals surface area contributed by atoms with Gasteiger partial charge in [-0.1, -0.05) is 12.1 Å². The topological polar surface area (TPSA) is 71.1 Å². The van der Waals surface area contributed by atoms with Gasteiger partial charge in [0.05, 0.1) is 7.11 Å². The number of carbonyl (C=O) groups is 2. The van der Waals surface area contributed by atoms with E-state index in [2.05, 4.69) is 17.3 Å². The lowest BCUT2D eigenvalue weighted by Gasteiger charge is -2.32. The summed E-state index contributed by atoms with van der Waals surface area (Å²) in [4.78, 5) is 28.7. The van der Waals surface area contributed by atoms with Crippen molar-refractivity contribution >= 4 is 17.5 Å². The molecule has 1 N–H and O–H groups in total. The molecule has 1 aliphatic rings. The Morgan fingerprint density at radius 2 is 1.61 bits per heavy atom. The van der Waals surface area contributed by atoms with E-state index in [1.807, 2.05) is 17.0 Å². The molecule has 2 aromatic rings. The van der Waals surface area contributed by atoms with Gasteiger partial charge in [-0.15, -0.1) is 0 Å². The number of carbonyl (C=O) groups excluding carboxylic acids is 2. The summed E-state index contributed by atoms with van der Waals surface area (Å²) in [6.45, 7) is 3.09. The van der Waals surface area contributed by atoms with Gasteiger partial charge in [-0.2, -0.15) is 0 Å². The van der Waals surface area contributed by atoms with Gasteiger partial charge < -0.3 is 24.6 Å². The highest BCUT2D eigenvalue weighted by molar-refractivity contribution is 5.96. The molecule has 2 aromatic carbocycles. The fraction of sp³-hybridized carbons (Fsp3) is 0.333. The zero-order valence-corrected chi connectivity index (χ0v) is 16.2. The Morgan fingerprint density at radius 3 is 2.25 bits per heavy atom. The Morgan fingerprint density at radius 1 is 0.964 bits per heavy atom. The number of ether oxygens (including phenoxy) is 2. The predicted octanol–water partition coefficient (Wildman–Crippen LogP) is 2.10. The fourth-order valence-electron chi connectivity index (χ4n) is 2.97. The Kier molecular flexibility index (Phi) is 6.49. The number of amides is 2. The van der Waals surface area contributed by atoms with Crippen molar-refractivity contribution in [3.8, 4) is 11.5 Å². The monoisotopic (exact) mass is 383 g/mol. The summed E-state index contributed by atoms with van der Waals surface area (Å²) < 4.78 is 10.7. The maximum Gasteiger partial charge on any atom is 0.262 e. The van der Waals surface area contributed by atoms with Crippen molar-refractivity contribution < 1.29 is 19.1 Å². The van der Waals surface area contributed by atoms with Crippen LogP contribution in [0.2, 0.25) is 0 Å². The zero-order chi connectivity index (χ0) is 19.9. The summed E-state index contributed by atoms with van der Waals surface area (Å²) in [7, 11) is 3.60. The normalized spacial score (nSPS) is 14.4. The summed E-state index contributed by atoms with van der Waals surface area (Å²) in [5, 5.41) is 2.76. The van der Waals surface area contributed by atoms with Crippen LogP contribution >= 0.6 is 0 Å². The summed E-state index contributed by atoms with van der Waals surface area (Å²) in [5.74, 6) is 0.810. The number of hydrogen-bond donors (Lipinski definition) is 1. The molecule has 1 fully saturated rings. The van der Waals surface area contributed by atoms with Crippen molar-refractivity contribution in [1.29, 1.82) is 0 Å². The van der Waals surface area contributed by atoms with Crippen LogP contribution in [0.1, 0.15) is 10.4 Å². The second-order valence-corrected chi connectivity index (χ2v) is 6.66. The van der Waals surface area contributed by atoms with Gasteiger partial charge in [0.15, 0.2) is 18.1 Å². The van der Waals surface area contributed by atoms with E-state index < -0.39 is 0 Å². The van der Waals surface area contributed by atoms with Crippen LogP contribution < -0.4 is 14.8 Å². The van der Waals surface area contributed by atoms with Gasteiger partial charge in [0.25, 0.3) is 11.8 Å². The number of nitrogens with zero attached hydrogens (tertiary/aromatic N) is 2. The van der Waals surface area contributed by atoms with E-state index in [-0.39, 0.29) is 18.4 Å². The first kappa shape index (κ1) is 19.7. The first-order chi connectivity index (χ1) is 13.6. The first-order valence-electron chi connectivity index (χ1n) is 9.20. The number of likely N-dealkylation sites (N-methyl/N-ethyl adjacent to an activating group) is 1. The second kappa shape index (κ2) is 9.23. The molecule has 1 saturated heterocycles. The van der Waals surface area contributed by atoms with Gasteiger partial charge in [0.1, 0.15) is 0 Å². The molecule has 0 aromatic heterocycles. The molecule has 7 heteroatoms. The Balaban J connectivity index is 1.52. The van der Waals surface area contributed by atoms with Gasteiger partial charge in [0, 0.05) is 37.4 Å². The van der Waals surface area contributed by atoms with Crippen LogP contribution in [0.15, 0.2) is 48.5 Å². The summed E-state index contributed by atoms with van der Waals surface area (Å²) >= 11 is 0. The van der Waals surface area contributed by atoms with Crippen molar-refractivity contribution in [2.75, 3.05) is 52.3 Å². The SMILES string of the molecule is COc1ccccc1OCC(=O)Nc1ccc(C(=O)N2CCN(C)CC2)cc1. The molecule has 0 bridgehead atoms. The number of nitrogens with one attached hydrogen (secondary N) is 1. The van der Waals surface area contributed by atoms with Crippen molar-refractivity contribution in [3.63, 3.8) is 0 Å². The summed E-state index contributed by atoms with van der Waals surface area (Å²) in [6, 6.07) is 14.1. The lowest BCUT2D eigenvalue weighted by Crippen LogP contribution is -2.47. The molecule has 0 spiro atoms. The van der Waals surface area contributed by atoms with Crippen LogP contribution in [0.3, 0.4) is 0 Å². The molecule has 7 nitrogen and oxygen atoms in total. The van der Waals surface area contributed by atoms with E-state index in [1.54, 1.807) is 43.5 Å². The lowest BCUT2D eigenvalue weighted by atomic mass is 10.1. The minimum Gasteiger partial charge on any atom is -0.493 e. The third-order valence-corrected chi connectivity index (χ3v) is 4.63. The number of benzene rings is 2. The summed E-state index contributed by atoms with van der Waals surface area (Å²) in [5.41, 5.74) is 1.23. The minimum absolute atomic E-state index is 0.0190. The Labute approximate surface area is 164 Å². The molecule has 0 atom stereocenters. The maximum absolute atomic E-state index is 12.5. The summed E-state index contributed by atoms with van der Waals surface area (Å²) in [6.07, 6.45) is 0.